The van der Waals surface area contributed by atoms with Crippen molar-refractivity contribution in [3.63, 3.8) is 0 Å². The van der Waals surface area contributed by atoms with Crippen molar-refractivity contribution in [3.05, 3.63) is 5.82 Å². The van der Waals surface area contributed by atoms with E-state index in [0.717, 1.165) is 31.9 Å². The van der Waals surface area contributed by atoms with Gasteiger partial charge in [-0.3, -0.25) is 4.90 Å². The first-order chi connectivity index (χ1) is 8.90. The normalized spacial score (nSPS) is 25.7. The van der Waals surface area contributed by atoms with Gasteiger partial charge in [-0.05, 0) is 17.0 Å². The van der Waals surface area contributed by atoms with Gasteiger partial charge >= 0.3 is 0 Å². The van der Waals surface area contributed by atoms with Crippen LogP contribution in [0.1, 0.15) is 39.9 Å². The molecule has 2 atom stereocenters. The molecule has 1 aromatic heterocycles. The molecular formula is C13H26N6. The van der Waals surface area contributed by atoms with Gasteiger partial charge in [0.15, 0.2) is 5.82 Å². The molecule has 1 aliphatic heterocycles. The van der Waals surface area contributed by atoms with Crippen LogP contribution in [0.4, 0.5) is 0 Å². The SMILES string of the molecule is CCC1CNC(C(C)(C)C)CN1Cc1nnn(C)n1. The standard InChI is InChI=1S/C13H26N6/c1-6-10-7-14-11(13(2,3)4)8-19(10)9-12-15-17-18(5)16-12/h10-11,14H,6-9H2,1-5H3. The lowest BCUT2D eigenvalue weighted by Gasteiger charge is -2.44. The maximum absolute atomic E-state index is 4.29. The molecule has 2 rings (SSSR count). The van der Waals surface area contributed by atoms with E-state index >= 15 is 0 Å². The molecular weight excluding hydrogens is 240 g/mol. The first kappa shape index (κ1) is 14.4. The van der Waals surface area contributed by atoms with E-state index in [-0.39, 0.29) is 5.41 Å². The molecule has 0 bridgehead atoms. The molecule has 1 aliphatic rings. The Morgan fingerprint density at radius 2 is 2.11 bits per heavy atom. The number of nitrogens with one attached hydrogen (secondary N) is 1. The monoisotopic (exact) mass is 266 g/mol. The summed E-state index contributed by atoms with van der Waals surface area (Å²) >= 11 is 0. The van der Waals surface area contributed by atoms with Gasteiger partial charge in [0.2, 0.25) is 0 Å². The second kappa shape index (κ2) is 5.54. The van der Waals surface area contributed by atoms with Crippen molar-refractivity contribution in [2.24, 2.45) is 12.5 Å². The van der Waals surface area contributed by atoms with Gasteiger partial charge in [-0.1, -0.05) is 27.7 Å². The summed E-state index contributed by atoms with van der Waals surface area (Å²) in [5, 5.41) is 16.0. The van der Waals surface area contributed by atoms with Gasteiger partial charge in [0, 0.05) is 25.2 Å². The van der Waals surface area contributed by atoms with Crippen molar-refractivity contribution in [3.8, 4) is 0 Å². The maximum atomic E-state index is 4.29. The van der Waals surface area contributed by atoms with Gasteiger partial charge in [0.1, 0.15) is 0 Å². The van der Waals surface area contributed by atoms with Crippen LogP contribution in [0.3, 0.4) is 0 Å². The summed E-state index contributed by atoms with van der Waals surface area (Å²) in [6.07, 6.45) is 1.14. The van der Waals surface area contributed by atoms with Gasteiger partial charge in [0.25, 0.3) is 0 Å². The summed E-state index contributed by atoms with van der Waals surface area (Å²) in [6, 6.07) is 1.06. The van der Waals surface area contributed by atoms with E-state index in [0.29, 0.717) is 12.1 Å². The zero-order chi connectivity index (χ0) is 14.0. The summed E-state index contributed by atoms with van der Waals surface area (Å²) in [7, 11) is 1.81. The van der Waals surface area contributed by atoms with Crippen molar-refractivity contribution < 1.29 is 0 Å². The van der Waals surface area contributed by atoms with Gasteiger partial charge in [-0.15, -0.1) is 10.2 Å². The molecule has 1 saturated heterocycles. The number of hydrogen-bond acceptors (Lipinski definition) is 5. The van der Waals surface area contributed by atoms with E-state index < -0.39 is 0 Å². The highest BCUT2D eigenvalue weighted by molar-refractivity contribution is 4.93. The molecule has 19 heavy (non-hydrogen) atoms. The zero-order valence-electron chi connectivity index (χ0n) is 12.7. The smallest absolute Gasteiger partial charge is 0.188 e. The van der Waals surface area contributed by atoms with Crippen molar-refractivity contribution in [1.82, 2.24) is 30.4 Å². The van der Waals surface area contributed by atoms with Gasteiger partial charge in [-0.2, -0.15) is 4.80 Å². The molecule has 6 nitrogen and oxygen atoms in total. The topological polar surface area (TPSA) is 58.9 Å². The number of nitrogens with zero attached hydrogens (tertiary/aromatic N) is 5. The molecule has 0 aromatic carbocycles. The predicted octanol–water partition coefficient (Wildman–Crippen LogP) is 0.809. The molecule has 108 valence electrons. The average molecular weight is 266 g/mol. The van der Waals surface area contributed by atoms with Crippen LogP contribution in [-0.4, -0.2) is 50.3 Å². The fourth-order valence-electron chi connectivity index (χ4n) is 2.60. The Morgan fingerprint density at radius 1 is 1.37 bits per heavy atom. The molecule has 1 fully saturated rings. The molecule has 2 heterocycles. The van der Waals surface area contributed by atoms with Crippen LogP contribution < -0.4 is 5.32 Å². The number of aromatic nitrogens is 4. The molecule has 0 aliphatic carbocycles. The third kappa shape index (κ3) is 3.51. The van der Waals surface area contributed by atoms with Gasteiger partial charge in [-0.25, -0.2) is 0 Å². The van der Waals surface area contributed by atoms with Crippen molar-refractivity contribution in [2.45, 2.75) is 52.7 Å². The summed E-state index contributed by atoms with van der Waals surface area (Å²) < 4.78 is 0. The largest absolute Gasteiger partial charge is 0.311 e. The zero-order valence-corrected chi connectivity index (χ0v) is 12.7. The summed E-state index contributed by atoms with van der Waals surface area (Å²) in [6.45, 7) is 12.0. The quantitative estimate of drug-likeness (QED) is 0.877. The Hall–Kier alpha value is -1.01. The van der Waals surface area contributed by atoms with Crippen molar-refractivity contribution >= 4 is 0 Å². The third-order valence-corrected chi connectivity index (χ3v) is 3.94. The average Bonchev–Trinajstić information content (AvgIpc) is 2.73. The highest BCUT2D eigenvalue weighted by atomic mass is 15.6. The first-order valence-electron chi connectivity index (χ1n) is 7.10. The number of piperazine rings is 1. The van der Waals surface area contributed by atoms with Crippen LogP contribution in [-0.2, 0) is 13.6 Å². The third-order valence-electron chi connectivity index (χ3n) is 3.94. The van der Waals surface area contributed by atoms with E-state index in [2.05, 4.69) is 53.3 Å². The first-order valence-corrected chi connectivity index (χ1v) is 7.10. The molecule has 1 N–H and O–H groups in total. The predicted molar refractivity (Wildman–Crippen MR) is 74.5 cm³/mol. The molecule has 2 unspecified atom stereocenters. The lowest BCUT2D eigenvalue weighted by Crippen LogP contribution is -2.59. The van der Waals surface area contributed by atoms with Crippen LogP contribution in [0.5, 0.6) is 0 Å². The van der Waals surface area contributed by atoms with Crippen LogP contribution in [0.2, 0.25) is 0 Å². The molecule has 1 aromatic rings. The molecule has 0 amide bonds. The number of aryl methyl sites for hydroxylation is 1. The molecule has 0 spiro atoms. The minimum atomic E-state index is 0.271. The van der Waals surface area contributed by atoms with E-state index in [1.54, 1.807) is 0 Å². The fraction of sp³-hybridized carbons (Fsp3) is 0.923. The summed E-state index contributed by atoms with van der Waals surface area (Å²) in [5.74, 6) is 0.815. The lowest BCUT2D eigenvalue weighted by atomic mass is 9.84. The molecule has 0 radical (unpaired) electrons. The van der Waals surface area contributed by atoms with Gasteiger partial charge in [0.05, 0.1) is 13.6 Å². The second-order valence-electron chi connectivity index (χ2n) is 6.51. The number of tetrazole rings is 1. The minimum Gasteiger partial charge on any atom is -0.311 e. The van der Waals surface area contributed by atoms with Gasteiger partial charge < -0.3 is 5.32 Å². The van der Waals surface area contributed by atoms with Crippen molar-refractivity contribution in [1.29, 1.82) is 0 Å². The van der Waals surface area contributed by atoms with Crippen LogP contribution >= 0.6 is 0 Å². The van der Waals surface area contributed by atoms with Crippen LogP contribution in [0.25, 0.3) is 0 Å². The Bertz CT molecular complexity index is 408. The second-order valence-corrected chi connectivity index (χ2v) is 6.51. The highest BCUT2D eigenvalue weighted by Gasteiger charge is 2.33. The Labute approximate surface area is 115 Å². The Balaban J connectivity index is 2.05. The number of rotatable bonds is 3. The lowest BCUT2D eigenvalue weighted by molar-refractivity contribution is 0.0753. The molecule has 6 heteroatoms. The van der Waals surface area contributed by atoms with E-state index in [4.69, 9.17) is 0 Å². The number of hydrogen-bond donors (Lipinski definition) is 1. The van der Waals surface area contributed by atoms with E-state index in [1.165, 1.54) is 4.80 Å². The highest BCUT2D eigenvalue weighted by Crippen LogP contribution is 2.24. The minimum absolute atomic E-state index is 0.271. The van der Waals surface area contributed by atoms with E-state index in [9.17, 15) is 0 Å². The van der Waals surface area contributed by atoms with Crippen molar-refractivity contribution in [2.75, 3.05) is 13.1 Å². The van der Waals surface area contributed by atoms with E-state index in [1.807, 2.05) is 7.05 Å². The van der Waals surface area contributed by atoms with Crippen LogP contribution in [0.15, 0.2) is 0 Å². The Morgan fingerprint density at radius 3 is 2.63 bits per heavy atom. The summed E-state index contributed by atoms with van der Waals surface area (Å²) in [4.78, 5) is 4.02. The fourth-order valence-corrected chi connectivity index (χ4v) is 2.60. The summed E-state index contributed by atoms with van der Waals surface area (Å²) in [5.41, 5.74) is 0.271. The Kier molecular flexibility index (Phi) is 4.20. The maximum Gasteiger partial charge on any atom is 0.188 e. The van der Waals surface area contributed by atoms with Crippen LogP contribution in [0, 0.1) is 5.41 Å². The molecule has 0 saturated carbocycles.